The molecule has 0 amide bonds. The number of hydrogen-bond acceptors (Lipinski definition) is 12. The van der Waals surface area contributed by atoms with Gasteiger partial charge in [0.15, 0.2) is 46.0 Å². The molecule has 0 aromatic heterocycles. The predicted molar refractivity (Wildman–Crippen MR) is 242 cm³/mol. The molecule has 6 N–H and O–H groups in total. The zero-order valence-electron chi connectivity index (χ0n) is 36.6. The molecule has 0 unspecified atom stereocenters. The van der Waals surface area contributed by atoms with Gasteiger partial charge in [-0.1, -0.05) is 56.3 Å². The maximum absolute atomic E-state index is 10.3. The van der Waals surface area contributed by atoms with Gasteiger partial charge in [-0.15, -0.1) is 6.58 Å². The van der Waals surface area contributed by atoms with Crippen molar-refractivity contribution in [1.82, 2.24) is 0 Å². The van der Waals surface area contributed by atoms with Gasteiger partial charge in [0.2, 0.25) is 0 Å². The Hall–Kier alpha value is -6.92. The van der Waals surface area contributed by atoms with Gasteiger partial charge in [0.1, 0.15) is 18.3 Å². The van der Waals surface area contributed by atoms with Crippen LogP contribution in [0, 0.1) is 6.92 Å². The first-order chi connectivity index (χ1) is 29.1. The van der Waals surface area contributed by atoms with E-state index in [1.54, 1.807) is 37.3 Å². The number of hydrogen-bond donors (Lipinski definition) is 6. The van der Waals surface area contributed by atoms with Gasteiger partial charge >= 0.3 is 0 Å². The first-order valence-corrected chi connectivity index (χ1v) is 19.2. The molecule has 5 rings (SSSR count). The van der Waals surface area contributed by atoms with Crippen LogP contribution in [0.2, 0.25) is 0 Å². The van der Waals surface area contributed by atoms with Crippen molar-refractivity contribution in [2.24, 2.45) is 0 Å². The summed E-state index contributed by atoms with van der Waals surface area (Å²) in [6, 6.07) is 25.2. The van der Waals surface area contributed by atoms with Crippen LogP contribution >= 0.6 is 0 Å². The molecular formula is C49H62O12. The molecule has 0 fully saturated rings. The number of carbonyl (C=O) groups is 2. The van der Waals surface area contributed by atoms with Crippen molar-refractivity contribution >= 4 is 18.6 Å². The third-order valence-electron chi connectivity index (χ3n) is 7.75. The van der Waals surface area contributed by atoms with Gasteiger partial charge in [-0.3, -0.25) is 9.59 Å². The zero-order chi connectivity index (χ0) is 46.3. The van der Waals surface area contributed by atoms with E-state index in [1.807, 2.05) is 63.3 Å². The molecule has 12 nitrogen and oxygen atoms in total. The minimum Gasteiger partial charge on any atom is -0.508 e. The second-order valence-electron chi connectivity index (χ2n) is 12.8. The lowest BCUT2D eigenvalue weighted by Gasteiger charge is -2.07. The summed E-state index contributed by atoms with van der Waals surface area (Å²) in [4.78, 5) is 20.6. The van der Waals surface area contributed by atoms with Crippen LogP contribution in [0.4, 0.5) is 0 Å². The maximum atomic E-state index is 10.3. The molecule has 0 aliphatic heterocycles. The number of aldehydes is 2. The van der Waals surface area contributed by atoms with Gasteiger partial charge in [0.05, 0.1) is 27.9 Å². The molecule has 0 spiro atoms. The van der Waals surface area contributed by atoms with Crippen LogP contribution in [0.25, 0.3) is 6.08 Å². The van der Waals surface area contributed by atoms with Crippen LogP contribution < -0.4 is 18.9 Å². The minimum absolute atomic E-state index is 0.0399. The Balaban J connectivity index is 0.000000726. The minimum atomic E-state index is 0.0399. The highest BCUT2D eigenvalue weighted by Crippen LogP contribution is 2.29. The fraction of sp³-hybridized carbons (Fsp3) is 0.265. The summed E-state index contributed by atoms with van der Waals surface area (Å²) in [6.07, 6.45) is 7.89. The summed E-state index contributed by atoms with van der Waals surface area (Å²) in [5, 5.41) is 53.8. The van der Waals surface area contributed by atoms with Crippen molar-refractivity contribution in [1.29, 1.82) is 0 Å². The number of benzene rings is 5. The van der Waals surface area contributed by atoms with Crippen LogP contribution in [0.1, 0.15) is 83.5 Å². The van der Waals surface area contributed by atoms with Crippen LogP contribution in [0.15, 0.2) is 110 Å². The van der Waals surface area contributed by atoms with E-state index in [0.29, 0.717) is 65.0 Å². The number of aliphatic hydroxyl groups is 1. The summed E-state index contributed by atoms with van der Waals surface area (Å²) in [7, 11) is 4.50. The number of aryl methyl sites for hydroxylation is 1. The fourth-order valence-corrected chi connectivity index (χ4v) is 4.79. The van der Waals surface area contributed by atoms with E-state index in [9.17, 15) is 30.0 Å². The molecule has 5 aromatic carbocycles. The molecule has 0 heterocycles. The van der Waals surface area contributed by atoms with E-state index >= 15 is 0 Å². The van der Waals surface area contributed by atoms with E-state index in [-0.39, 0.29) is 29.6 Å². The Kier molecular flexibility index (Phi) is 27.5. The average Bonchev–Trinajstić information content (AvgIpc) is 3.24. The molecule has 0 saturated heterocycles. The number of phenols is 5. The predicted octanol–water partition coefficient (Wildman–Crippen LogP) is 10.2. The SMILES string of the molecule is C/C=C/c1ccc(O)c(OC)c1.C=CCc1ccc(O)c(OC)c1.CCO.CCOc1cc(C=O)ccc1O.COc1cc(C=O)ccc1O.Cc1ccc(C(C)C)c(O)c1. The molecule has 0 atom stereocenters. The lowest BCUT2D eigenvalue weighted by Crippen LogP contribution is -1.92. The third kappa shape index (κ3) is 21.1. The summed E-state index contributed by atoms with van der Waals surface area (Å²) >= 11 is 0. The number of aromatic hydroxyl groups is 5. The highest BCUT2D eigenvalue weighted by atomic mass is 16.5. The monoisotopic (exact) mass is 842 g/mol. The molecule has 0 bridgehead atoms. The highest BCUT2D eigenvalue weighted by Gasteiger charge is 2.05. The normalized spacial score (nSPS) is 9.62. The zero-order valence-corrected chi connectivity index (χ0v) is 36.6. The molecule has 330 valence electrons. The molecular weight excluding hydrogens is 781 g/mol. The fourth-order valence-electron chi connectivity index (χ4n) is 4.79. The standard InChI is InChI=1S/2C10H12O2.C10H14O.C9H10O3.C8H8O3.C2H6O/c2*1-3-4-8-5-6-9(11)10(7-8)12-2;1-7(2)9-5-4-8(3)6-10(9)11;1-2-12-9-5-7(6-10)3-4-8(9)11;1-11-8-4-6(5-9)2-3-7(8)10;1-2-3/h3-7,11H,1-2H3;3,5-7,11H,1,4H2,2H3;4-7,11H,1-3H3;3-6,11H,2H2,1H3;2-5,10H,1H3;3H,2H2,1H3/b4-3+;;;;;. The largest absolute Gasteiger partial charge is 0.508 e. The van der Waals surface area contributed by atoms with Crippen molar-refractivity contribution < 1.29 is 59.2 Å². The van der Waals surface area contributed by atoms with Gasteiger partial charge in [-0.05, 0) is 129 Å². The van der Waals surface area contributed by atoms with Gasteiger partial charge in [0, 0.05) is 17.7 Å². The lowest BCUT2D eigenvalue weighted by molar-refractivity contribution is 0.111. The molecule has 0 aliphatic rings. The van der Waals surface area contributed by atoms with Gasteiger partial charge < -0.3 is 49.6 Å². The van der Waals surface area contributed by atoms with Crippen molar-refractivity contribution in [3.8, 4) is 51.7 Å². The molecule has 61 heavy (non-hydrogen) atoms. The van der Waals surface area contributed by atoms with E-state index in [4.69, 9.17) is 29.2 Å². The maximum Gasteiger partial charge on any atom is 0.161 e. The van der Waals surface area contributed by atoms with E-state index in [1.165, 1.54) is 57.7 Å². The summed E-state index contributed by atoms with van der Waals surface area (Å²) < 4.78 is 19.7. The third-order valence-corrected chi connectivity index (χ3v) is 7.75. The highest BCUT2D eigenvalue weighted by molar-refractivity contribution is 5.76. The van der Waals surface area contributed by atoms with Crippen LogP contribution in [0.5, 0.6) is 51.7 Å². The van der Waals surface area contributed by atoms with Crippen LogP contribution in [-0.2, 0) is 6.42 Å². The number of aliphatic hydroxyl groups excluding tert-OH is 1. The smallest absolute Gasteiger partial charge is 0.161 e. The summed E-state index contributed by atoms with van der Waals surface area (Å²) in [5.74, 6) is 2.93. The Labute approximate surface area is 360 Å². The molecule has 0 radical (unpaired) electrons. The number of rotatable bonds is 11. The summed E-state index contributed by atoms with van der Waals surface area (Å²) in [5.41, 5.74) is 5.21. The van der Waals surface area contributed by atoms with Crippen LogP contribution in [-0.4, -0.2) is 77.8 Å². The molecule has 0 aliphatic carbocycles. The van der Waals surface area contributed by atoms with Crippen molar-refractivity contribution in [3.05, 3.63) is 143 Å². The van der Waals surface area contributed by atoms with Gasteiger partial charge in [-0.2, -0.15) is 0 Å². The Morgan fingerprint density at radius 2 is 1.03 bits per heavy atom. The number of allylic oxidation sites excluding steroid dienone is 2. The lowest BCUT2D eigenvalue weighted by atomic mass is 10.0. The van der Waals surface area contributed by atoms with Gasteiger partial charge in [0.25, 0.3) is 0 Å². The first kappa shape index (κ1) is 54.1. The van der Waals surface area contributed by atoms with E-state index in [0.717, 1.165) is 28.7 Å². The Bertz CT molecular complexity index is 2070. The number of phenolic OH excluding ortho intramolecular Hbond substituents is 5. The Morgan fingerprint density at radius 3 is 1.44 bits per heavy atom. The van der Waals surface area contributed by atoms with E-state index in [2.05, 4.69) is 20.4 Å². The second-order valence-corrected chi connectivity index (χ2v) is 12.8. The summed E-state index contributed by atoms with van der Waals surface area (Å²) in [6.45, 7) is 15.9. The van der Waals surface area contributed by atoms with Crippen molar-refractivity contribution in [2.45, 2.75) is 53.9 Å². The van der Waals surface area contributed by atoms with Gasteiger partial charge in [-0.25, -0.2) is 0 Å². The first-order valence-electron chi connectivity index (χ1n) is 19.2. The molecule has 12 heteroatoms. The van der Waals surface area contributed by atoms with Crippen LogP contribution in [0.3, 0.4) is 0 Å². The molecule has 0 saturated carbocycles. The topological polar surface area (TPSA) is 192 Å². The molecule has 5 aromatic rings. The van der Waals surface area contributed by atoms with Crippen molar-refractivity contribution in [2.75, 3.05) is 34.5 Å². The number of ether oxygens (including phenoxy) is 4. The second kappa shape index (κ2) is 31.1. The number of carbonyl (C=O) groups excluding carboxylic acids is 2. The Morgan fingerprint density at radius 1 is 0.607 bits per heavy atom. The number of methoxy groups -OCH3 is 3. The quantitative estimate of drug-likeness (QED) is 0.0545. The average molecular weight is 843 g/mol. The van der Waals surface area contributed by atoms with E-state index < -0.39 is 0 Å². The van der Waals surface area contributed by atoms with Crippen molar-refractivity contribution in [3.63, 3.8) is 0 Å².